The molecule has 2 fully saturated rings. The van der Waals surface area contributed by atoms with Gasteiger partial charge in [0, 0.05) is 30.7 Å². The van der Waals surface area contributed by atoms with Gasteiger partial charge in [0.25, 0.3) is 0 Å². The number of nitrogens with zero attached hydrogens (tertiary/aromatic N) is 2. The second-order valence-electron chi connectivity index (χ2n) is 6.82. The van der Waals surface area contributed by atoms with Crippen LogP contribution in [0.25, 0.3) is 0 Å². The van der Waals surface area contributed by atoms with Crippen molar-refractivity contribution in [3.8, 4) is 0 Å². The fraction of sp³-hybridized carbons (Fsp3) is 0.611. The predicted octanol–water partition coefficient (Wildman–Crippen LogP) is 2.94. The maximum absolute atomic E-state index is 12.7. The lowest BCUT2D eigenvalue weighted by Gasteiger charge is -2.36. The maximum Gasteiger partial charge on any atom is 0.236 e. The first-order valence-corrected chi connectivity index (χ1v) is 8.81. The third-order valence-electron chi connectivity index (χ3n) is 4.47. The number of benzene rings is 1. The molecule has 0 spiro atoms. The molecule has 5 heteroatoms. The van der Waals surface area contributed by atoms with E-state index in [0.717, 1.165) is 11.6 Å². The summed E-state index contributed by atoms with van der Waals surface area (Å²) < 4.78 is 5.72. The maximum atomic E-state index is 12.7. The molecule has 126 valence electrons. The number of carbonyl (C=O) groups excluding carboxylic acids is 1. The Morgan fingerprint density at radius 1 is 1.22 bits per heavy atom. The Morgan fingerprint density at radius 3 is 2.39 bits per heavy atom. The highest BCUT2D eigenvalue weighted by molar-refractivity contribution is 6.30. The Hall–Kier alpha value is -1.10. The number of hydrogen-bond acceptors (Lipinski definition) is 3. The Labute approximate surface area is 143 Å². The van der Waals surface area contributed by atoms with Crippen LogP contribution in [0.15, 0.2) is 24.3 Å². The Bertz CT molecular complexity index is 534. The zero-order valence-electron chi connectivity index (χ0n) is 13.9. The lowest BCUT2D eigenvalue weighted by molar-refractivity contribution is -0.144. The van der Waals surface area contributed by atoms with E-state index >= 15 is 0 Å². The van der Waals surface area contributed by atoms with Crippen LogP contribution < -0.4 is 0 Å². The summed E-state index contributed by atoms with van der Waals surface area (Å²) in [7, 11) is 0. The summed E-state index contributed by atoms with van der Waals surface area (Å²) in [5.41, 5.74) is 1.21. The molecular weight excluding hydrogens is 312 g/mol. The van der Waals surface area contributed by atoms with Crippen molar-refractivity contribution in [2.45, 2.75) is 51.5 Å². The number of halogens is 1. The lowest BCUT2D eigenvalue weighted by atomic mass is 10.2. The molecule has 3 rings (SSSR count). The van der Waals surface area contributed by atoms with Gasteiger partial charge in [-0.3, -0.25) is 9.69 Å². The summed E-state index contributed by atoms with van der Waals surface area (Å²) in [5, 5.41) is 0.749. The van der Waals surface area contributed by atoms with E-state index in [-0.39, 0.29) is 18.1 Å². The summed E-state index contributed by atoms with van der Waals surface area (Å²) in [6, 6.07) is 8.46. The minimum Gasteiger partial charge on any atom is -0.372 e. The van der Waals surface area contributed by atoms with E-state index in [1.54, 1.807) is 0 Å². The van der Waals surface area contributed by atoms with Crippen LogP contribution in [0.1, 0.15) is 32.3 Å². The Balaban J connectivity index is 1.60. The highest BCUT2D eigenvalue weighted by atomic mass is 35.5. The highest BCUT2D eigenvalue weighted by Gasteiger charge is 2.33. The predicted molar refractivity (Wildman–Crippen MR) is 91.5 cm³/mol. The third kappa shape index (κ3) is 4.69. The van der Waals surface area contributed by atoms with Gasteiger partial charge < -0.3 is 9.64 Å². The summed E-state index contributed by atoms with van der Waals surface area (Å²) in [6.45, 7) is 6.76. The van der Waals surface area contributed by atoms with Crippen molar-refractivity contribution in [1.29, 1.82) is 0 Å². The largest absolute Gasteiger partial charge is 0.372 e. The van der Waals surface area contributed by atoms with Gasteiger partial charge in [0.1, 0.15) is 0 Å². The van der Waals surface area contributed by atoms with E-state index in [1.165, 1.54) is 18.4 Å². The second kappa shape index (κ2) is 7.20. The molecule has 1 amide bonds. The van der Waals surface area contributed by atoms with Crippen LogP contribution >= 0.6 is 11.6 Å². The molecule has 23 heavy (non-hydrogen) atoms. The van der Waals surface area contributed by atoms with Crippen molar-refractivity contribution in [3.63, 3.8) is 0 Å². The number of carbonyl (C=O) groups is 1. The van der Waals surface area contributed by atoms with Crippen LogP contribution in [-0.2, 0) is 16.1 Å². The minimum atomic E-state index is 0.119. The van der Waals surface area contributed by atoms with E-state index in [4.69, 9.17) is 16.3 Å². The first-order valence-electron chi connectivity index (χ1n) is 8.43. The van der Waals surface area contributed by atoms with E-state index < -0.39 is 0 Å². The standard InChI is InChI=1S/C18H25ClN2O2/c1-13-9-21(10-14(2)23-13)18(22)12-20(17-7-8-17)11-15-3-5-16(19)6-4-15/h3-6,13-14,17H,7-12H2,1-2H3. The lowest BCUT2D eigenvalue weighted by Crippen LogP contribution is -2.51. The smallest absolute Gasteiger partial charge is 0.236 e. The van der Waals surface area contributed by atoms with Crippen LogP contribution in [0.5, 0.6) is 0 Å². The van der Waals surface area contributed by atoms with Gasteiger partial charge in [-0.15, -0.1) is 0 Å². The summed E-state index contributed by atoms with van der Waals surface area (Å²) in [4.78, 5) is 16.9. The second-order valence-corrected chi connectivity index (χ2v) is 7.26. The van der Waals surface area contributed by atoms with E-state index in [9.17, 15) is 4.79 Å². The minimum absolute atomic E-state index is 0.119. The van der Waals surface area contributed by atoms with Gasteiger partial charge in [-0.05, 0) is 44.4 Å². The number of morpholine rings is 1. The van der Waals surface area contributed by atoms with Gasteiger partial charge in [-0.25, -0.2) is 0 Å². The number of ether oxygens (including phenoxy) is 1. The summed E-state index contributed by atoms with van der Waals surface area (Å²) in [5.74, 6) is 0.216. The van der Waals surface area contributed by atoms with Gasteiger partial charge in [-0.2, -0.15) is 0 Å². The fourth-order valence-corrected chi connectivity index (χ4v) is 3.36. The molecule has 2 unspecified atom stereocenters. The van der Waals surface area contributed by atoms with Gasteiger partial charge in [0.05, 0.1) is 18.8 Å². The molecule has 1 saturated carbocycles. The van der Waals surface area contributed by atoms with Gasteiger partial charge in [0.15, 0.2) is 0 Å². The van der Waals surface area contributed by atoms with Gasteiger partial charge >= 0.3 is 0 Å². The van der Waals surface area contributed by atoms with Crippen LogP contribution in [-0.4, -0.2) is 53.6 Å². The molecule has 1 aromatic carbocycles. The highest BCUT2D eigenvalue weighted by Crippen LogP contribution is 2.28. The first-order chi connectivity index (χ1) is 11.0. The Morgan fingerprint density at radius 2 is 1.83 bits per heavy atom. The van der Waals surface area contributed by atoms with Crippen molar-refractivity contribution < 1.29 is 9.53 Å². The van der Waals surface area contributed by atoms with Crippen LogP contribution in [0, 0.1) is 0 Å². The molecule has 0 aromatic heterocycles. The molecular formula is C18H25ClN2O2. The molecule has 0 N–H and O–H groups in total. The van der Waals surface area contributed by atoms with E-state index in [0.29, 0.717) is 25.7 Å². The zero-order chi connectivity index (χ0) is 16.4. The average molecular weight is 337 g/mol. The first kappa shape index (κ1) is 16.7. The average Bonchev–Trinajstić information content (AvgIpc) is 3.32. The normalized spacial score (nSPS) is 25.0. The third-order valence-corrected chi connectivity index (χ3v) is 4.72. The van der Waals surface area contributed by atoms with Crippen LogP contribution in [0.4, 0.5) is 0 Å². The van der Waals surface area contributed by atoms with Crippen molar-refractivity contribution in [1.82, 2.24) is 9.80 Å². The van der Waals surface area contributed by atoms with Crippen molar-refractivity contribution in [3.05, 3.63) is 34.9 Å². The van der Waals surface area contributed by atoms with Crippen molar-refractivity contribution in [2.75, 3.05) is 19.6 Å². The molecule has 2 atom stereocenters. The quantitative estimate of drug-likeness (QED) is 0.828. The molecule has 1 aromatic rings. The molecule has 0 bridgehead atoms. The molecule has 0 radical (unpaired) electrons. The molecule has 1 aliphatic heterocycles. The summed E-state index contributed by atoms with van der Waals surface area (Å²) >= 11 is 5.95. The molecule has 2 aliphatic rings. The van der Waals surface area contributed by atoms with Crippen LogP contribution in [0.3, 0.4) is 0 Å². The Kier molecular flexibility index (Phi) is 5.24. The zero-order valence-corrected chi connectivity index (χ0v) is 14.6. The SMILES string of the molecule is CC1CN(C(=O)CN(Cc2ccc(Cl)cc2)C2CC2)CC(C)O1. The summed E-state index contributed by atoms with van der Waals surface area (Å²) in [6.07, 6.45) is 2.62. The molecule has 1 heterocycles. The van der Waals surface area contributed by atoms with E-state index in [1.807, 2.05) is 43.0 Å². The number of amides is 1. The van der Waals surface area contributed by atoms with E-state index in [2.05, 4.69) is 4.90 Å². The topological polar surface area (TPSA) is 32.8 Å². The van der Waals surface area contributed by atoms with Gasteiger partial charge in [0.2, 0.25) is 5.91 Å². The van der Waals surface area contributed by atoms with Crippen molar-refractivity contribution >= 4 is 17.5 Å². The monoisotopic (exact) mass is 336 g/mol. The number of hydrogen-bond donors (Lipinski definition) is 0. The molecule has 4 nitrogen and oxygen atoms in total. The number of rotatable bonds is 5. The molecule has 1 saturated heterocycles. The molecule has 1 aliphatic carbocycles. The van der Waals surface area contributed by atoms with Crippen LogP contribution in [0.2, 0.25) is 5.02 Å². The van der Waals surface area contributed by atoms with Gasteiger partial charge in [-0.1, -0.05) is 23.7 Å². The van der Waals surface area contributed by atoms with Crippen molar-refractivity contribution in [2.24, 2.45) is 0 Å². The fourth-order valence-electron chi connectivity index (χ4n) is 3.23.